The molecular weight excluding hydrogens is 500 g/mol. The van der Waals surface area contributed by atoms with E-state index in [1.807, 2.05) is 26.0 Å². The molecule has 1 aliphatic heterocycles. The minimum Gasteiger partial charge on any atom is -0.362 e. The first-order chi connectivity index (χ1) is 17.0. The molecule has 8 nitrogen and oxygen atoms in total. The summed E-state index contributed by atoms with van der Waals surface area (Å²) < 4.78 is 27.5. The van der Waals surface area contributed by atoms with Crippen molar-refractivity contribution in [2.24, 2.45) is 5.92 Å². The SMILES string of the molecule is CC1CCC(NC(=O)NS(=O)(=O)c2ccc(CC(Cl)N3C(=O)c4ccccc4NC3(C)C)cc2)CC1. The number of carbonyl (C=O) groups is 2. The summed E-state index contributed by atoms with van der Waals surface area (Å²) >= 11 is 6.72. The number of nitrogens with zero attached hydrogens (tertiary/aromatic N) is 1. The highest BCUT2D eigenvalue weighted by Crippen LogP contribution is 2.34. The lowest BCUT2D eigenvalue weighted by Crippen LogP contribution is -2.59. The Morgan fingerprint density at radius 3 is 2.42 bits per heavy atom. The summed E-state index contributed by atoms with van der Waals surface area (Å²) in [5, 5.41) is 6.13. The van der Waals surface area contributed by atoms with Crippen LogP contribution in [0.3, 0.4) is 0 Å². The van der Waals surface area contributed by atoms with Crippen LogP contribution in [0.2, 0.25) is 0 Å². The summed E-state index contributed by atoms with van der Waals surface area (Å²) in [5.74, 6) is 0.461. The van der Waals surface area contributed by atoms with Gasteiger partial charge in [0.15, 0.2) is 0 Å². The number of urea groups is 1. The molecule has 1 fully saturated rings. The van der Waals surface area contributed by atoms with Crippen molar-refractivity contribution in [2.45, 2.75) is 75.0 Å². The van der Waals surface area contributed by atoms with Gasteiger partial charge in [-0.3, -0.25) is 9.69 Å². The van der Waals surface area contributed by atoms with Gasteiger partial charge in [0, 0.05) is 18.2 Å². The van der Waals surface area contributed by atoms with E-state index in [1.54, 1.807) is 29.2 Å². The number of nitrogens with one attached hydrogen (secondary N) is 3. The smallest absolute Gasteiger partial charge is 0.328 e. The highest BCUT2D eigenvalue weighted by Gasteiger charge is 2.41. The van der Waals surface area contributed by atoms with Crippen molar-refractivity contribution in [3.63, 3.8) is 0 Å². The number of para-hydroxylation sites is 1. The van der Waals surface area contributed by atoms with Crippen molar-refractivity contribution >= 4 is 39.2 Å². The number of sulfonamides is 1. The fourth-order valence-corrected chi connectivity index (χ4v) is 6.35. The van der Waals surface area contributed by atoms with Gasteiger partial charge in [-0.25, -0.2) is 17.9 Å². The molecule has 1 atom stereocenters. The van der Waals surface area contributed by atoms with Gasteiger partial charge < -0.3 is 10.6 Å². The molecule has 0 radical (unpaired) electrons. The van der Waals surface area contributed by atoms with Gasteiger partial charge in [-0.05, 0) is 75.3 Å². The summed E-state index contributed by atoms with van der Waals surface area (Å²) in [6.07, 6.45) is 4.04. The predicted octanol–water partition coefficient (Wildman–Crippen LogP) is 4.66. The Labute approximate surface area is 217 Å². The Balaban J connectivity index is 1.39. The van der Waals surface area contributed by atoms with Crippen molar-refractivity contribution in [1.82, 2.24) is 14.9 Å². The molecule has 3 N–H and O–H groups in total. The van der Waals surface area contributed by atoms with Gasteiger partial charge in [0.05, 0.1) is 10.5 Å². The van der Waals surface area contributed by atoms with Crippen LogP contribution in [0.4, 0.5) is 10.5 Å². The van der Waals surface area contributed by atoms with Gasteiger partial charge in [0.1, 0.15) is 11.2 Å². The Morgan fingerprint density at radius 2 is 1.75 bits per heavy atom. The van der Waals surface area contributed by atoms with E-state index in [2.05, 4.69) is 22.3 Å². The second-order valence-corrected chi connectivity index (χ2v) is 12.4. The van der Waals surface area contributed by atoms with E-state index in [0.29, 0.717) is 17.9 Å². The molecule has 36 heavy (non-hydrogen) atoms. The van der Waals surface area contributed by atoms with Crippen molar-refractivity contribution < 1.29 is 18.0 Å². The van der Waals surface area contributed by atoms with Crippen LogP contribution < -0.4 is 15.4 Å². The first-order valence-electron chi connectivity index (χ1n) is 12.2. The van der Waals surface area contributed by atoms with E-state index in [1.165, 1.54) is 12.1 Å². The second kappa shape index (κ2) is 10.3. The monoisotopic (exact) mass is 532 g/mol. The van der Waals surface area contributed by atoms with Crippen molar-refractivity contribution in [3.05, 3.63) is 59.7 Å². The lowest BCUT2D eigenvalue weighted by atomic mass is 9.87. The van der Waals surface area contributed by atoms with Gasteiger partial charge >= 0.3 is 6.03 Å². The maximum absolute atomic E-state index is 13.2. The first kappa shape index (κ1) is 26.3. The van der Waals surface area contributed by atoms with Gasteiger partial charge in [-0.1, -0.05) is 42.8 Å². The van der Waals surface area contributed by atoms with Crippen molar-refractivity contribution in [1.29, 1.82) is 0 Å². The van der Waals surface area contributed by atoms with E-state index >= 15 is 0 Å². The van der Waals surface area contributed by atoms with E-state index in [-0.39, 0.29) is 16.8 Å². The lowest BCUT2D eigenvalue weighted by molar-refractivity contribution is 0.0535. The minimum atomic E-state index is -4.02. The number of fused-ring (bicyclic) bond motifs is 1. The number of carbonyl (C=O) groups excluding carboxylic acids is 2. The fraction of sp³-hybridized carbons (Fsp3) is 0.462. The van der Waals surface area contributed by atoms with Crippen LogP contribution in [-0.2, 0) is 16.4 Å². The second-order valence-electron chi connectivity index (χ2n) is 10.2. The van der Waals surface area contributed by atoms with Crippen molar-refractivity contribution in [3.8, 4) is 0 Å². The Morgan fingerprint density at radius 1 is 1.11 bits per heavy atom. The third-order valence-corrected chi connectivity index (χ3v) is 8.61. The summed E-state index contributed by atoms with van der Waals surface area (Å²) in [5.41, 5.74) is 0.692. The summed E-state index contributed by atoms with van der Waals surface area (Å²) in [4.78, 5) is 27.1. The zero-order valence-corrected chi connectivity index (χ0v) is 22.3. The topological polar surface area (TPSA) is 108 Å². The molecule has 10 heteroatoms. The molecule has 0 bridgehead atoms. The maximum atomic E-state index is 13.2. The molecule has 0 aromatic heterocycles. The number of benzene rings is 2. The quantitative estimate of drug-likeness (QED) is 0.370. The molecule has 1 saturated carbocycles. The van der Waals surface area contributed by atoms with E-state index in [4.69, 9.17) is 11.6 Å². The number of anilines is 1. The number of hydrogen-bond donors (Lipinski definition) is 3. The van der Waals surface area contributed by atoms with E-state index < -0.39 is 27.2 Å². The molecule has 1 unspecified atom stereocenters. The molecule has 0 saturated heterocycles. The van der Waals surface area contributed by atoms with Crippen LogP contribution in [0.1, 0.15) is 62.4 Å². The highest BCUT2D eigenvalue weighted by atomic mass is 35.5. The van der Waals surface area contributed by atoms with Gasteiger partial charge in [0.2, 0.25) is 0 Å². The number of alkyl halides is 1. The minimum absolute atomic E-state index is 0.0115. The third-order valence-electron chi connectivity index (χ3n) is 6.92. The van der Waals surface area contributed by atoms with Crippen LogP contribution in [0.25, 0.3) is 0 Å². The van der Waals surface area contributed by atoms with E-state index in [0.717, 1.165) is 36.9 Å². The highest BCUT2D eigenvalue weighted by molar-refractivity contribution is 7.90. The van der Waals surface area contributed by atoms with Crippen molar-refractivity contribution in [2.75, 3.05) is 5.32 Å². The first-order valence-corrected chi connectivity index (χ1v) is 14.2. The van der Waals surface area contributed by atoms with Crippen LogP contribution >= 0.6 is 11.6 Å². The number of halogens is 1. The standard InChI is InChI=1S/C26H33ClN4O4S/c1-17-8-12-19(13-9-17)28-25(33)30-36(34,35)20-14-10-18(11-15-20)16-23(27)31-24(32)21-6-4-5-7-22(21)29-26(31,2)3/h4-7,10-11,14-15,17,19,23,29H,8-9,12-13,16H2,1-3H3,(H2,28,30,33). The Kier molecular flexibility index (Phi) is 7.52. The number of rotatable bonds is 6. The summed E-state index contributed by atoms with van der Waals surface area (Å²) in [7, 11) is -4.02. The molecule has 0 spiro atoms. The van der Waals surface area contributed by atoms with Gasteiger partial charge in [0.25, 0.3) is 15.9 Å². The van der Waals surface area contributed by atoms with Crippen LogP contribution in [0, 0.1) is 5.92 Å². The van der Waals surface area contributed by atoms with Gasteiger partial charge in [-0.2, -0.15) is 0 Å². The van der Waals surface area contributed by atoms with Crippen LogP contribution in [-0.4, -0.2) is 42.5 Å². The molecule has 3 amide bonds. The Hall–Kier alpha value is -2.78. The number of amides is 3. The average molecular weight is 533 g/mol. The zero-order chi connectivity index (χ0) is 26.1. The molecule has 2 aromatic carbocycles. The molecule has 1 heterocycles. The molecule has 1 aliphatic carbocycles. The summed E-state index contributed by atoms with van der Waals surface area (Å²) in [6, 6.07) is 12.7. The molecular formula is C26H33ClN4O4S. The lowest BCUT2D eigenvalue weighted by Gasteiger charge is -2.46. The fourth-order valence-electron chi connectivity index (χ4n) is 4.92. The van der Waals surface area contributed by atoms with E-state index in [9.17, 15) is 18.0 Å². The predicted molar refractivity (Wildman–Crippen MR) is 140 cm³/mol. The molecule has 2 aromatic rings. The normalized spacial score (nSPS) is 22.2. The average Bonchev–Trinajstić information content (AvgIpc) is 2.80. The third kappa shape index (κ3) is 5.78. The summed E-state index contributed by atoms with van der Waals surface area (Å²) in [6.45, 7) is 5.95. The van der Waals surface area contributed by atoms with Crippen LogP contribution in [0.15, 0.2) is 53.4 Å². The zero-order valence-electron chi connectivity index (χ0n) is 20.8. The molecule has 4 rings (SSSR count). The van der Waals surface area contributed by atoms with Crippen LogP contribution in [0.5, 0.6) is 0 Å². The largest absolute Gasteiger partial charge is 0.362 e. The maximum Gasteiger partial charge on any atom is 0.328 e. The Bertz CT molecular complexity index is 1220. The molecule has 2 aliphatic rings. The van der Waals surface area contributed by atoms with Gasteiger partial charge in [-0.15, -0.1) is 0 Å². The number of hydrogen-bond acceptors (Lipinski definition) is 5. The molecule has 194 valence electrons.